The summed E-state index contributed by atoms with van der Waals surface area (Å²) < 4.78 is 15.2. The lowest BCUT2D eigenvalue weighted by atomic mass is 9.75. The van der Waals surface area contributed by atoms with Crippen molar-refractivity contribution in [2.45, 2.75) is 56.5 Å². The molecule has 2 heterocycles. The second kappa shape index (κ2) is 6.75. The van der Waals surface area contributed by atoms with E-state index in [1.807, 2.05) is 29.1 Å². The number of nitrogens with zero attached hydrogens (tertiary/aromatic N) is 2. The molecule has 3 aromatic rings. The SMILES string of the molecule is O[C@@H](c1c(C2CC2)ccn2cncc12)[C@H]1CC[C@H](c2ccc(F)cc2)CC1. The van der Waals surface area contributed by atoms with Crippen molar-refractivity contribution in [1.29, 1.82) is 0 Å². The van der Waals surface area contributed by atoms with E-state index in [1.165, 1.54) is 24.0 Å². The van der Waals surface area contributed by atoms with Gasteiger partial charge in [-0.15, -0.1) is 0 Å². The van der Waals surface area contributed by atoms with Crippen molar-refractivity contribution in [3.63, 3.8) is 0 Å². The van der Waals surface area contributed by atoms with Crippen LogP contribution in [0.2, 0.25) is 0 Å². The van der Waals surface area contributed by atoms with Gasteiger partial charge in [-0.2, -0.15) is 0 Å². The molecule has 2 aromatic heterocycles. The summed E-state index contributed by atoms with van der Waals surface area (Å²) in [5.41, 5.74) is 4.69. The summed E-state index contributed by atoms with van der Waals surface area (Å²) in [5.74, 6) is 1.18. The first-order valence-electron chi connectivity index (χ1n) is 10.1. The monoisotopic (exact) mass is 364 g/mol. The minimum atomic E-state index is -0.435. The molecule has 140 valence electrons. The Morgan fingerprint density at radius 1 is 0.963 bits per heavy atom. The fourth-order valence-electron chi connectivity index (χ4n) is 4.84. The van der Waals surface area contributed by atoms with Crippen LogP contribution < -0.4 is 0 Å². The second-order valence-electron chi connectivity index (χ2n) is 8.25. The van der Waals surface area contributed by atoms with E-state index in [0.717, 1.165) is 36.8 Å². The Kier molecular flexibility index (Phi) is 4.24. The highest BCUT2D eigenvalue weighted by atomic mass is 19.1. The summed E-state index contributed by atoms with van der Waals surface area (Å²) in [6.45, 7) is 0. The Bertz CT molecular complexity index is 937. The molecule has 2 saturated carbocycles. The number of pyridine rings is 1. The highest BCUT2D eigenvalue weighted by molar-refractivity contribution is 5.59. The maximum Gasteiger partial charge on any atom is 0.123 e. The fraction of sp³-hybridized carbons (Fsp3) is 0.435. The van der Waals surface area contributed by atoms with Gasteiger partial charge in [-0.25, -0.2) is 9.37 Å². The Labute approximate surface area is 158 Å². The summed E-state index contributed by atoms with van der Waals surface area (Å²) in [6.07, 6.45) is 11.9. The van der Waals surface area contributed by atoms with E-state index in [4.69, 9.17) is 0 Å². The lowest BCUT2D eigenvalue weighted by Gasteiger charge is -2.33. The summed E-state index contributed by atoms with van der Waals surface area (Å²) in [4.78, 5) is 4.29. The first-order valence-corrected chi connectivity index (χ1v) is 10.1. The lowest BCUT2D eigenvalue weighted by Crippen LogP contribution is -2.21. The van der Waals surface area contributed by atoms with Crippen molar-refractivity contribution in [2.75, 3.05) is 0 Å². The maximum absolute atomic E-state index is 13.2. The molecule has 2 aliphatic rings. The average molecular weight is 364 g/mol. The van der Waals surface area contributed by atoms with Crippen molar-refractivity contribution in [3.05, 3.63) is 71.6 Å². The molecule has 4 heteroatoms. The minimum absolute atomic E-state index is 0.177. The highest BCUT2D eigenvalue weighted by Gasteiger charge is 2.34. The summed E-state index contributed by atoms with van der Waals surface area (Å²) in [5, 5.41) is 11.3. The predicted molar refractivity (Wildman–Crippen MR) is 103 cm³/mol. The number of halogens is 1. The van der Waals surface area contributed by atoms with E-state index in [9.17, 15) is 9.50 Å². The van der Waals surface area contributed by atoms with Crippen LogP contribution in [0.4, 0.5) is 4.39 Å². The van der Waals surface area contributed by atoms with Crippen LogP contribution in [-0.4, -0.2) is 14.5 Å². The average Bonchev–Trinajstić information content (AvgIpc) is 3.44. The van der Waals surface area contributed by atoms with Crippen LogP contribution in [-0.2, 0) is 0 Å². The van der Waals surface area contributed by atoms with Gasteiger partial charge < -0.3 is 9.51 Å². The molecule has 3 nitrogen and oxygen atoms in total. The molecule has 2 fully saturated rings. The molecule has 27 heavy (non-hydrogen) atoms. The third kappa shape index (κ3) is 3.16. The van der Waals surface area contributed by atoms with Gasteiger partial charge in [0.1, 0.15) is 5.82 Å². The summed E-state index contributed by atoms with van der Waals surface area (Å²) >= 11 is 0. The van der Waals surface area contributed by atoms with Gasteiger partial charge in [0.05, 0.1) is 24.1 Å². The quantitative estimate of drug-likeness (QED) is 0.677. The molecule has 1 atom stereocenters. The number of fused-ring (bicyclic) bond motifs is 1. The number of hydrogen-bond donors (Lipinski definition) is 1. The van der Waals surface area contributed by atoms with Gasteiger partial charge >= 0.3 is 0 Å². The molecule has 1 aromatic carbocycles. The Morgan fingerprint density at radius 3 is 2.37 bits per heavy atom. The molecular weight excluding hydrogens is 339 g/mol. The van der Waals surface area contributed by atoms with Crippen LogP contribution in [0.3, 0.4) is 0 Å². The van der Waals surface area contributed by atoms with Gasteiger partial charge in [0.25, 0.3) is 0 Å². The van der Waals surface area contributed by atoms with Crippen LogP contribution in [0.15, 0.2) is 49.1 Å². The standard InChI is InChI=1S/C23H25FN2O/c24-19-9-7-16(8-10-19)15-1-5-18(6-2-15)23(27)22-20(17-3-4-17)11-12-26-14-25-13-21(22)26/h7-15,17-18,23,27H,1-6H2/t15-,18-,23-/m1/s1. The number of aromatic nitrogens is 2. The number of rotatable bonds is 4. The van der Waals surface area contributed by atoms with E-state index < -0.39 is 6.10 Å². The van der Waals surface area contributed by atoms with Crippen LogP contribution in [0.5, 0.6) is 0 Å². The second-order valence-corrected chi connectivity index (χ2v) is 8.25. The zero-order valence-corrected chi connectivity index (χ0v) is 15.4. The Morgan fingerprint density at radius 2 is 1.67 bits per heavy atom. The van der Waals surface area contributed by atoms with Crippen molar-refractivity contribution >= 4 is 5.52 Å². The molecular formula is C23H25FN2O. The molecule has 0 amide bonds. The normalized spacial score (nSPS) is 24.2. The molecule has 0 saturated heterocycles. The molecule has 0 aliphatic heterocycles. The van der Waals surface area contributed by atoms with Gasteiger partial charge in [0, 0.05) is 11.8 Å². The summed E-state index contributed by atoms with van der Waals surface area (Å²) in [6, 6.07) is 9.11. The smallest absolute Gasteiger partial charge is 0.123 e. The van der Waals surface area contributed by atoms with Gasteiger partial charge in [-0.05, 0) is 85.6 Å². The first-order chi connectivity index (χ1) is 13.2. The molecule has 2 aliphatic carbocycles. The highest BCUT2D eigenvalue weighted by Crippen LogP contribution is 2.47. The van der Waals surface area contributed by atoms with E-state index in [0.29, 0.717) is 11.8 Å². The zero-order chi connectivity index (χ0) is 18.4. The van der Waals surface area contributed by atoms with E-state index in [1.54, 1.807) is 12.1 Å². The fourth-order valence-corrected chi connectivity index (χ4v) is 4.84. The largest absolute Gasteiger partial charge is 0.388 e. The molecule has 0 radical (unpaired) electrons. The predicted octanol–water partition coefficient (Wildman–Crippen LogP) is 5.36. The number of benzene rings is 1. The molecule has 0 bridgehead atoms. The van der Waals surface area contributed by atoms with Crippen molar-refractivity contribution < 1.29 is 9.50 Å². The minimum Gasteiger partial charge on any atom is -0.388 e. The lowest BCUT2D eigenvalue weighted by molar-refractivity contribution is 0.0810. The van der Waals surface area contributed by atoms with Gasteiger partial charge in [0.15, 0.2) is 0 Å². The van der Waals surface area contributed by atoms with Gasteiger partial charge in [-0.3, -0.25) is 0 Å². The third-order valence-electron chi connectivity index (χ3n) is 6.54. The Balaban J connectivity index is 1.37. The van der Waals surface area contributed by atoms with E-state index in [2.05, 4.69) is 17.2 Å². The topological polar surface area (TPSA) is 37.5 Å². The molecule has 0 spiro atoms. The number of aliphatic hydroxyl groups excluding tert-OH is 1. The maximum atomic E-state index is 13.2. The van der Waals surface area contributed by atoms with Gasteiger partial charge in [0.2, 0.25) is 0 Å². The van der Waals surface area contributed by atoms with Crippen molar-refractivity contribution in [1.82, 2.24) is 9.38 Å². The third-order valence-corrected chi connectivity index (χ3v) is 6.54. The molecule has 1 N–H and O–H groups in total. The number of hydrogen-bond acceptors (Lipinski definition) is 2. The first kappa shape index (κ1) is 16.9. The van der Waals surface area contributed by atoms with Crippen molar-refractivity contribution in [3.8, 4) is 0 Å². The van der Waals surface area contributed by atoms with E-state index in [-0.39, 0.29) is 11.7 Å². The van der Waals surface area contributed by atoms with Crippen LogP contribution >= 0.6 is 0 Å². The summed E-state index contributed by atoms with van der Waals surface area (Å²) in [7, 11) is 0. The van der Waals surface area contributed by atoms with Gasteiger partial charge in [-0.1, -0.05) is 12.1 Å². The van der Waals surface area contributed by atoms with Crippen LogP contribution in [0, 0.1) is 11.7 Å². The van der Waals surface area contributed by atoms with Crippen LogP contribution in [0.1, 0.15) is 73.2 Å². The van der Waals surface area contributed by atoms with Crippen molar-refractivity contribution in [2.24, 2.45) is 5.92 Å². The zero-order valence-electron chi connectivity index (χ0n) is 15.4. The van der Waals surface area contributed by atoms with Crippen LogP contribution in [0.25, 0.3) is 5.52 Å². The number of aliphatic hydroxyl groups is 1. The molecule has 0 unspecified atom stereocenters. The number of imidazole rings is 1. The molecule has 5 rings (SSSR count). The van der Waals surface area contributed by atoms with E-state index >= 15 is 0 Å². The Hall–Kier alpha value is -2.20.